The zero-order chi connectivity index (χ0) is 22.3. The Morgan fingerprint density at radius 3 is 2.39 bits per heavy atom. The summed E-state index contributed by atoms with van der Waals surface area (Å²) >= 11 is 13.4. The van der Waals surface area contributed by atoms with Gasteiger partial charge in [-0.25, -0.2) is 0 Å². The van der Waals surface area contributed by atoms with Crippen LogP contribution in [-0.4, -0.2) is 45.9 Å². The Morgan fingerprint density at radius 2 is 1.77 bits per heavy atom. The van der Waals surface area contributed by atoms with Gasteiger partial charge >= 0.3 is 0 Å². The van der Waals surface area contributed by atoms with Crippen LogP contribution < -0.4 is 10.1 Å². The molecule has 3 aliphatic rings. The number of hydrogen-bond acceptors (Lipinski definition) is 4. The number of imide groups is 1. The third kappa shape index (κ3) is 4.27. The minimum absolute atomic E-state index is 0.00264. The highest BCUT2D eigenvalue weighted by atomic mass is 79.9. The van der Waals surface area contributed by atoms with Crippen LogP contribution in [0.25, 0.3) is 0 Å². The predicted molar refractivity (Wildman–Crippen MR) is 126 cm³/mol. The second-order valence-electron chi connectivity index (χ2n) is 8.54. The van der Waals surface area contributed by atoms with Gasteiger partial charge in [0.2, 0.25) is 17.7 Å². The molecular formula is C22H25Br2ClN2O4. The van der Waals surface area contributed by atoms with Crippen molar-refractivity contribution in [2.75, 3.05) is 19.0 Å². The molecule has 1 aliphatic heterocycles. The fourth-order valence-corrected chi connectivity index (χ4v) is 7.40. The van der Waals surface area contributed by atoms with Gasteiger partial charge in [0, 0.05) is 27.6 Å². The van der Waals surface area contributed by atoms with E-state index >= 15 is 0 Å². The average molecular weight is 577 g/mol. The van der Waals surface area contributed by atoms with E-state index in [0.717, 1.165) is 12.8 Å². The number of carbonyl (C=O) groups excluding carboxylic acids is 3. The first-order valence-corrected chi connectivity index (χ1v) is 12.8. The van der Waals surface area contributed by atoms with Crippen molar-refractivity contribution in [1.82, 2.24) is 4.90 Å². The second-order valence-corrected chi connectivity index (χ2v) is 11.1. The standard InChI is InChI=1S/C22H25Br2ClN2O4/c1-31-15-7-6-11(25)9-14(15)26-16(28)5-3-2-4-8-27-21(29)17-12-10-13(18(17)22(27)30)20(24)19(12)23/h6-7,9,12-13,17-20H,2-5,8,10H2,1H3,(H,26,28)/t12-,13-,17-,18+,19-,20+/m1/s1. The molecule has 168 valence electrons. The molecule has 6 atom stereocenters. The summed E-state index contributed by atoms with van der Waals surface area (Å²) in [6.45, 7) is 0.438. The molecule has 1 N–H and O–H groups in total. The molecule has 1 aromatic rings. The summed E-state index contributed by atoms with van der Waals surface area (Å²) in [5, 5.41) is 3.34. The molecule has 1 aromatic carbocycles. The predicted octanol–water partition coefficient (Wildman–Crippen LogP) is 4.63. The third-order valence-electron chi connectivity index (χ3n) is 6.80. The lowest BCUT2D eigenvalue weighted by molar-refractivity contribution is -0.140. The number of likely N-dealkylation sites (tertiary alicyclic amines) is 1. The van der Waals surface area contributed by atoms with Gasteiger partial charge in [0.15, 0.2) is 0 Å². The smallest absolute Gasteiger partial charge is 0.233 e. The van der Waals surface area contributed by atoms with E-state index in [1.54, 1.807) is 18.2 Å². The molecule has 1 saturated heterocycles. The van der Waals surface area contributed by atoms with Crippen molar-refractivity contribution in [2.45, 2.75) is 41.8 Å². The first-order chi connectivity index (χ1) is 14.8. The number of alkyl halides is 2. The Kier molecular flexibility index (Phi) is 6.99. The van der Waals surface area contributed by atoms with Gasteiger partial charge in [-0.2, -0.15) is 0 Å². The van der Waals surface area contributed by atoms with Crippen molar-refractivity contribution in [2.24, 2.45) is 23.7 Å². The number of benzene rings is 1. The lowest BCUT2D eigenvalue weighted by Crippen LogP contribution is -2.37. The largest absolute Gasteiger partial charge is 0.495 e. The summed E-state index contributed by atoms with van der Waals surface area (Å²) in [4.78, 5) is 40.0. The maximum Gasteiger partial charge on any atom is 0.233 e. The topological polar surface area (TPSA) is 75.7 Å². The molecule has 0 radical (unpaired) electrons. The molecule has 0 spiro atoms. The number of fused-ring (bicyclic) bond motifs is 5. The average Bonchev–Trinajstić information content (AvgIpc) is 3.34. The third-order valence-corrected chi connectivity index (χ3v) is 10.2. The van der Waals surface area contributed by atoms with Crippen LogP contribution in [0.5, 0.6) is 5.75 Å². The summed E-state index contributed by atoms with van der Waals surface area (Å²) in [5.41, 5.74) is 0.546. The molecule has 9 heteroatoms. The van der Waals surface area contributed by atoms with Crippen LogP contribution in [0.1, 0.15) is 32.1 Å². The van der Waals surface area contributed by atoms with Gasteiger partial charge in [0.25, 0.3) is 0 Å². The van der Waals surface area contributed by atoms with Crippen molar-refractivity contribution >= 4 is 66.9 Å². The summed E-state index contributed by atoms with van der Waals surface area (Å²) in [6.07, 6.45) is 3.44. The van der Waals surface area contributed by atoms with Gasteiger partial charge in [-0.15, -0.1) is 0 Å². The van der Waals surface area contributed by atoms with E-state index in [4.69, 9.17) is 16.3 Å². The number of carbonyl (C=O) groups is 3. The number of methoxy groups -OCH3 is 1. The SMILES string of the molecule is COc1ccc(Cl)cc1NC(=O)CCCCCN1C(=O)[C@@H]2[C@H]3C[C@@H]([C@H](Br)[C@@H]3Br)[C@@H]2C1=O. The maximum atomic E-state index is 12.9. The van der Waals surface area contributed by atoms with Crippen LogP contribution in [-0.2, 0) is 14.4 Å². The van der Waals surface area contributed by atoms with E-state index in [2.05, 4.69) is 37.2 Å². The Balaban J connectivity index is 1.22. The molecule has 4 rings (SSSR count). The number of hydrogen-bond donors (Lipinski definition) is 1. The van der Waals surface area contributed by atoms with Crippen LogP contribution in [0.4, 0.5) is 5.69 Å². The number of nitrogens with one attached hydrogen (secondary N) is 1. The van der Waals surface area contributed by atoms with Gasteiger partial charge in [-0.3, -0.25) is 19.3 Å². The Bertz CT molecular complexity index is 866. The van der Waals surface area contributed by atoms with E-state index in [-0.39, 0.29) is 51.0 Å². The van der Waals surface area contributed by atoms with Gasteiger partial charge < -0.3 is 10.1 Å². The Labute approximate surface area is 203 Å². The number of ether oxygens (including phenoxy) is 1. The second kappa shape index (κ2) is 9.40. The van der Waals surface area contributed by atoms with E-state index in [1.165, 1.54) is 12.0 Å². The van der Waals surface area contributed by atoms with Crippen LogP contribution in [0, 0.1) is 23.7 Å². The lowest BCUT2D eigenvalue weighted by Gasteiger charge is -2.28. The summed E-state index contributed by atoms with van der Waals surface area (Å²) in [7, 11) is 1.54. The molecule has 31 heavy (non-hydrogen) atoms. The molecule has 0 aromatic heterocycles. The number of unbranched alkanes of at least 4 members (excludes halogenated alkanes) is 2. The molecule has 6 nitrogen and oxygen atoms in total. The van der Waals surface area contributed by atoms with Crippen LogP contribution in [0.15, 0.2) is 18.2 Å². The minimum Gasteiger partial charge on any atom is -0.495 e. The zero-order valence-corrected chi connectivity index (χ0v) is 21.1. The summed E-state index contributed by atoms with van der Waals surface area (Å²) < 4.78 is 5.24. The monoisotopic (exact) mass is 574 g/mol. The molecule has 2 aliphatic carbocycles. The summed E-state index contributed by atoms with van der Waals surface area (Å²) in [5.74, 6) is 0.602. The number of amides is 3. The Hall–Kier alpha value is -1.12. The fraction of sp³-hybridized carbons (Fsp3) is 0.591. The number of halogens is 3. The first-order valence-electron chi connectivity index (χ1n) is 10.6. The van der Waals surface area contributed by atoms with Gasteiger partial charge in [0.1, 0.15) is 5.75 Å². The number of anilines is 1. The van der Waals surface area contributed by atoms with Crippen molar-refractivity contribution in [3.8, 4) is 5.75 Å². The molecule has 0 unspecified atom stereocenters. The normalized spacial score (nSPS) is 31.3. The van der Waals surface area contributed by atoms with E-state index in [1.807, 2.05) is 0 Å². The fourth-order valence-electron chi connectivity index (χ4n) is 5.35. The molecule has 3 fully saturated rings. The van der Waals surface area contributed by atoms with Crippen LogP contribution in [0.2, 0.25) is 5.02 Å². The molecule has 3 amide bonds. The van der Waals surface area contributed by atoms with Gasteiger partial charge in [-0.05, 0) is 49.3 Å². The quantitative estimate of drug-likeness (QED) is 0.278. The minimum atomic E-state index is -0.158. The van der Waals surface area contributed by atoms with Crippen molar-refractivity contribution in [3.63, 3.8) is 0 Å². The Morgan fingerprint density at radius 1 is 1.13 bits per heavy atom. The van der Waals surface area contributed by atoms with Crippen LogP contribution >= 0.6 is 43.5 Å². The molecule has 2 bridgehead atoms. The van der Waals surface area contributed by atoms with Crippen LogP contribution in [0.3, 0.4) is 0 Å². The maximum absolute atomic E-state index is 12.9. The van der Waals surface area contributed by atoms with Crippen molar-refractivity contribution in [3.05, 3.63) is 23.2 Å². The molecular weight excluding hydrogens is 552 g/mol. The lowest BCUT2D eigenvalue weighted by atomic mass is 9.81. The molecule has 2 saturated carbocycles. The first kappa shape index (κ1) is 23.1. The van der Waals surface area contributed by atoms with Crippen molar-refractivity contribution in [1.29, 1.82) is 0 Å². The van der Waals surface area contributed by atoms with Gasteiger partial charge in [-0.1, -0.05) is 49.9 Å². The molecule has 1 heterocycles. The highest BCUT2D eigenvalue weighted by Gasteiger charge is 2.66. The highest BCUT2D eigenvalue weighted by molar-refractivity contribution is 9.12. The zero-order valence-electron chi connectivity index (χ0n) is 17.2. The number of rotatable bonds is 8. The number of nitrogens with zero attached hydrogens (tertiary/aromatic N) is 1. The highest BCUT2D eigenvalue weighted by Crippen LogP contribution is 2.60. The van der Waals surface area contributed by atoms with E-state index < -0.39 is 0 Å². The van der Waals surface area contributed by atoms with Gasteiger partial charge in [0.05, 0.1) is 24.6 Å². The summed E-state index contributed by atoms with van der Waals surface area (Å²) in [6, 6.07) is 5.06. The van der Waals surface area contributed by atoms with Crippen molar-refractivity contribution < 1.29 is 19.1 Å². The van der Waals surface area contributed by atoms with E-state index in [9.17, 15) is 14.4 Å². The van der Waals surface area contributed by atoms with E-state index in [0.29, 0.717) is 42.3 Å².